The van der Waals surface area contributed by atoms with Crippen molar-refractivity contribution in [3.63, 3.8) is 0 Å². The summed E-state index contributed by atoms with van der Waals surface area (Å²) in [6, 6.07) is 1.56. The van der Waals surface area contributed by atoms with Gasteiger partial charge in [0.2, 0.25) is 5.88 Å². The lowest BCUT2D eigenvalue weighted by Crippen LogP contribution is -2.11. The van der Waals surface area contributed by atoms with Gasteiger partial charge in [-0.15, -0.1) is 6.42 Å². The van der Waals surface area contributed by atoms with Crippen LogP contribution in [0.2, 0.25) is 0 Å². The predicted molar refractivity (Wildman–Crippen MR) is 54.7 cm³/mol. The summed E-state index contributed by atoms with van der Waals surface area (Å²) in [7, 11) is 0. The van der Waals surface area contributed by atoms with Crippen molar-refractivity contribution < 1.29 is 4.74 Å². The van der Waals surface area contributed by atoms with Gasteiger partial charge in [0.15, 0.2) is 6.10 Å². The molecular formula is C10H13N3O. The number of hydrogen-bond donors (Lipinski definition) is 1. The highest BCUT2D eigenvalue weighted by atomic mass is 16.5. The highest BCUT2D eigenvalue weighted by Crippen LogP contribution is 2.12. The van der Waals surface area contributed by atoms with E-state index >= 15 is 0 Å². The normalized spacial score (nSPS) is 11.8. The molecule has 1 heterocycles. The van der Waals surface area contributed by atoms with E-state index in [1.165, 1.54) is 0 Å². The minimum atomic E-state index is -0.311. The van der Waals surface area contributed by atoms with E-state index in [9.17, 15) is 0 Å². The summed E-state index contributed by atoms with van der Waals surface area (Å²) in [5.74, 6) is 3.93. The molecule has 0 aliphatic carbocycles. The number of rotatable bonds is 3. The summed E-state index contributed by atoms with van der Waals surface area (Å²) in [5, 5.41) is 0. The van der Waals surface area contributed by atoms with Crippen molar-refractivity contribution in [2.45, 2.75) is 26.4 Å². The van der Waals surface area contributed by atoms with Crippen LogP contribution in [0.25, 0.3) is 0 Å². The summed E-state index contributed by atoms with van der Waals surface area (Å²) in [6.07, 6.45) is 5.58. The first kappa shape index (κ1) is 10.3. The van der Waals surface area contributed by atoms with Crippen molar-refractivity contribution in [1.29, 1.82) is 0 Å². The Labute approximate surface area is 83.5 Å². The number of aryl methyl sites for hydroxylation is 1. The second-order valence-electron chi connectivity index (χ2n) is 2.83. The minimum Gasteiger partial charge on any atom is -0.461 e. The minimum absolute atomic E-state index is 0.311. The largest absolute Gasteiger partial charge is 0.461 e. The van der Waals surface area contributed by atoms with Gasteiger partial charge in [-0.05, 0) is 6.92 Å². The molecule has 0 amide bonds. The number of hydrogen-bond acceptors (Lipinski definition) is 4. The number of ether oxygens (including phenoxy) is 1. The van der Waals surface area contributed by atoms with Gasteiger partial charge < -0.3 is 10.5 Å². The third-order valence-electron chi connectivity index (χ3n) is 1.62. The summed E-state index contributed by atoms with van der Waals surface area (Å²) >= 11 is 0. The maximum atomic E-state index is 5.57. The van der Waals surface area contributed by atoms with Gasteiger partial charge in [-0.25, -0.2) is 4.98 Å². The monoisotopic (exact) mass is 191 g/mol. The van der Waals surface area contributed by atoms with Gasteiger partial charge >= 0.3 is 0 Å². The van der Waals surface area contributed by atoms with E-state index in [1.54, 1.807) is 13.0 Å². The molecule has 0 radical (unpaired) electrons. The molecule has 1 rings (SSSR count). The van der Waals surface area contributed by atoms with Crippen molar-refractivity contribution >= 4 is 5.82 Å². The number of nitrogens with zero attached hydrogens (tertiary/aromatic N) is 2. The average Bonchev–Trinajstić information content (AvgIpc) is 2.16. The average molecular weight is 191 g/mol. The number of nitrogen functional groups attached to an aromatic ring is 1. The molecule has 0 saturated heterocycles. The fourth-order valence-corrected chi connectivity index (χ4v) is 0.926. The molecule has 4 heteroatoms. The van der Waals surface area contributed by atoms with Crippen molar-refractivity contribution in [3.05, 3.63) is 11.9 Å². The summed E-state index contributed by atoms with van der Waals surface area (Å²) in [6.45, 7) is 3.72. The standard InChI is InChI=1S/C10H13N3O/c1-4-7(3)14-10-6-8(11)12-9(5-2)13-10/h1,6-7H,5H2,2-3H3,(H2,11,12,13). The van der Waals surface area contributed by atoms with Gasteiger partial charge in [-0.3, -0.25) is 0 Å². The Morgan fingerprint density at radius 2 is 2.36 bits per heavy atom. The topological polar surface area (TPSA) is 61.0 Å². The molecule has 0 fully saturated rings. The van der Waals surface area contributed by atoms with E-state index in [0.717, 1.165) is 0 Å². The molecule has 2 N–H and O–H groups in total. The molecule has 1 aromatic rings. The van der Waals surface area contributed by atoms with Crippen molar-refractivity contribution in [2.75, 3.05) is 5.73 Å². The molecule has 1 atom stereocenters. The summed E-state index contributed by atoms with van der Waals surface area (Å²) < 4.78 is 5.32. The molecule has 0 aliphatic heterocycles. The lowest BCUT2D eigenvalue weighted by molar-refractivity contribution is 0.267. The van der Waals surface area contributed by atoms with Crippen LogP contribution in [-0.2, 0) is 6.42 Å². The zero-order valence-electron chi connectivity index (χ0n) is 8.32. The van der Waals surface area contributed by atoms with Gasteiger partial charge in [-0.2, -0.15) is 4.98 Å². The fourth-order valence-electron chi connectivity index (χ4n) is 0.926. The molecule has 0 saturated carbocycles. The highest BCUT2D eigenvalue weighted by Gasteiger charge is 2.04. The molecule has 1 unspecified atom stereocenters. The van der Waals surface area contributed by atoms with Gasteiger partial charge in [0.05, 0.1) is 0 Å². The van der Waals surface area contributed by atoms with E-state index in [2.05, 4.69) is 15.9 Å². The molecule has 0 aromatic carbocycles. The Morgan fingerprint density at radius 3 is 2.93 bits per heavy atom. The van der Waals surface area contributed by atoms with Crippen molar-refractivity contribution in [2.24, 2.45) is 0 Å². The van der Waals surface area contributed by atoms with Crippen LogP contribution < -0.4 is 10.5 Å². The van der Waals surface area contributed by atoms with Crippen LogP contribution in [-0.4, -0.2) is 16.1 Å². The fraction of sp³-hybridized carbons (Fsp3) is 0.400. The first-order valence-corrected chi connectivity index (χ1v) is 4.42. The number of terminal acetylenes is 1. The quantitative estimate of drug-likeness (QED) is 0.725. The van der Waals surface area contributed by atoms with E-state index in [4.69, 9.17) is 16.9 Å². The highest BCUT2D eigenvalue weighted by molar-refractivity contribution is 5.33. The van der Waals surface area contributed by atoms with E-state index in [-0.39, 0.29) is 6.10 Å². The molecule has 0 bridgehead atoms. The molecule has 1 aromatic heterocycles. The lowest BCUT2D eigenvalue weighted by atomic mass is 10.4. The van der Waals surface area contributed by atoms with Crippen LogP contribution in [0.5, 0.6) is 5.88 Å². The van der Waals surface area contributed by atoms with Gasteiger partial charge in [0, 0.05) is 12.5 Å². The third-order valence-corrected chi connectivity index (χ3v) is 1.62. The van der Waals surface area contributed by atoms with Crippen LogP contribution in [0.15, 0.2) is 6.07 Å². The van der Waals surface area contributed by atoms with Gasteiger partial charge in [0.25, 0.3) is 0 Å². The second-order valence-corrected chi connectivity index (χ2v) is 2.83. The van der Waals surface area contributed by atoms with Crippen molar-refractivity contribution in [3.8, 4) is 18.2 Å². The summed E-state index contributed by atoms with van der Waals surface area (Å²) in [4.78, 5) is 8.15. The first-order valence-electron chi connectivity index (χ1n) is 4.42. The van der Waals surface area contributed by atoms with Gasteiger partial charge in [-0.1, -0.05) is 12.8 Å². The smallest absolute Gasteiger partial charge is 0.219 e. The Kier molecular flexibility index (Phi) is 3.29. The first-order chi connectivity index (χ1) is 6.65. The van der Waals surface area contributed by atoms with E-state index in [1.807, 2.05) is 6.92 Å². The van der Waals surface area contributed by atoms with Gasteiger partial charge in [0.1, 0.15) is 11.6 Å². The lowest BCUT2D eigenvalue weighted by Gasteiger charge is -2.08. The number of aromatic nitrogens is 2. The predicted octanol–water partition coefficient (Wildman–Crippen LogP) is 1.02. The van der Waals surface area contributed by atoms with Crippen LogP contribution in [0.4, 0.5) is 5.82 Å². The Balaban J connectivity index is 2.87. The van der Waals surface area contributed by atoms with Crippen LogP contribution in [0.3, 0.4) is 0 Å². The molecular weight excluding hydrogens is 178 g/mol. The molecule has 74 valence electrons. The second kappa shape index (κ2) is 4.47. The van der Waals surface area contributed by atoms with Crippen LogP contribution in [0, 0.1) is 12.3 Å². The molecule has 4 nitrogen and oxygen atoms in total. The van der Waals surface area contributed by atoms with Crippen LogP contribution >= 0.6 is 0 Å². The van der Waals surface area contributed by atoms with E-state index < -0.39 is 0 Å². The maximum absolute atomic E-state index is 5.57. The van der Waals surface area contributed by atoms with E-state index in [0.29, 0.717) is 23.9 Å². The molecule has 0 aliphatic rings. The molecule has 0 spiro atoms. The zero-order valence-corrected chi connectivity index (χ0v) is 8.32. The Morgan fingerprint density at radius 1 is 1.64 bits per heavy atom. The SMILES string of the molecule is C#CC(C)Oc1cc(N)nc(CC)n1. The summed E-state index contributed by atoms with van der Waals surface area (Å²) in [5.41, 5.74) is 5.57. The Bertz CT molecular complexity index is 357. The third kappa shape index (κ3) is 2.63. The molecule has 14 heavy (non-hydrogen) atoms. The van der Waals surface area contributed by atoms with Crippen molar-refractivity contribution in [1.82, 2.24) is 9.97 Å². The Hall–Kier alpha value is -1.76. The number of anilines is 1. The maximum Gasteiger partial charge on any atom is 0.219 e. The van der Waals surface area contributed by atoms with Crippen LogP contribution in [0.1, 0.15) is 19.7 Å². The zero-order chi connectivity index (χ0) is 10.6. The number of nitrogens with two attached hydrogens (primary N) is 1.